The summed E-state index contributed by atoms with van der Waals surface area (Å²) >= 11 is 0. The second-order valence-corrected chi connectivity index (χ2v) is 19.4. The third-order valence-electron chi connectivity index (χ3n) is 9.08. The van der Waals surface area contributed by atoms with Gasteiger partial charge in [0, 0.05) is 0 Å². The molecule has 3 saturated carbocycles. The molecule has 0 bridgehead atoms. The Morgan fingerprint density at radius 1 is 0.641 bits per heavy atom. The molecule has 1 N–H and O–H groups in total. The van der Waals surface area contributed by atoms with Crippen LogP contribution < -0.4 is 5.09 Å². The first-order valence-corrected chi connectivity index (χ1v) is 18.9. The van der Waals surface area contributed by atoms with Crippen LogP contribution in [-0.2, 0) is 20.0 Å². The zero-order valence-electron chi connectivity index (χ0n) is 22.7. The van der Waals surface area contributed by atoms with Crippen molar-refractivity contribution in [1.82, 2.24) is 8.80 Å². The van der Waals surface area contributed by atoms with Crippen molar-refractivity contribution in [3.8, 4) is 0 Å². The monoisotopic (exact) mass is 631 g/mol. The molecule has 0 heterocycles. The summed E-state index contributed by atoms with van der Waals surface area (Å²) in [5.74, 6) is 0. The Bertz CT molecular complexity index is 946. The Morgan fingerprint density at radius 2 is 0.923 bits per heavy atom. The molecular formula is C24H42F6N2O4PS2+. The van der Waals surface area contributed by atoms with Crippen molar-refractivity contribution in [2.75, 3.05) is 0 Å². The Balaban J connectivity index is 2.29. The summed E-state index contributed by atoms with van der Waals surface area (Å²) in [5.41, 5.74) is -15.2. The molecule has 0 aromatic rings. The maximum Gasteiger partial charge on any atom is 0.512 e. The standard InChI is InChI=1S/C24H42F6N2O4PS2/c1-3-22(2,32(38(33,34)23(25,26)27)39(35,36)24(28,29)30)31-37(19-13-7-4-8-14-19,20-15-9-5-10-16-20)21-17-11-6-12-18-21/h19-21,31H,3-18H2,1-2H3/q+1. The van der Waals surface area contributed by atoms with Gasteiger partial charge < -0.3 is 0 Å². The quantitative estimate of drug-likeness (QED) is 0.161. The van der Waals surface area contributed by atoms with Gasteiger partial charge in [0.2, 0.25) is 0 Å². The van der Waals surface area contributed by atoms with E-state index in [4.69, 9.17) is 0 Å². The molecule has 39 heavy (non-hydrogen) atoms. The van der Waals surface area contributed by atoms with Crippen LogP contribution in [0.1, 0.15) is 117 Å². The topological polar surface area (TPSA) is 83.6 Å². The molecule has 1 atom stereocenters. The van der Waals surface area contributed by atoms with Gasteiger partial charge in [-0.3, -0.25) is 0 Å². The normalized spacial score (nSPS) is 24.1. The van der Waals surface area contributed by atoms with Gasteiger partial charge in [-0.05, 0) is 90.4 Å². The number of hydrogen-bond donors (Lipinski definition) is 1. The van der Waals surface area contributed by atoms with Crippen LogP contribution in [0, 0.1) is 0 Å². The van der Waals surface area contributed by atoms with Crippen molar-refractivity contribution in [1.29, 1.82) is 0 Å². The molecule has 230 valence electrons. The number of nitrogens with zero attached hydrogens (tertiary/aromatic N) is 1. The fraction of sp³-hybridized carbons (Fsp3) is 1.00. The zero-order valence-corrected chi connectivity index (χ0v) is 25.2. The molecule has 3 fully saturated rings. The van der Waals surface area contributed by atoms with E-state index in [2.05, 4.69) is 5.09 Å². The van der Waals surface area contributed by atoms with Gasteiger partial charge >= 0.3 is 31.1 Å². The average Bonchev–Trinajstić information content (AvgIpc) is 2.87. The maximum atomic E-state index is 13.9. The predicted octanol–water partition coefficient (Wildman–Crippen LogP) is 7.63. The summed E-state index contributed by atoms with van der Waals surface area (Å²) < 4.78 is 133. The first-order valence-electron chi connectivity index (χ1n) is 14.1. The van der Waals surface area contributed by atoms with Crippen LogP contribution in [0.4, 0.5) is 26.3 Å². The van der Waals surface area contributed by atoms with E-state index < -0.39 is 54.3 Å². The summed E-state index contributed by atoms with van der Waals surface area (Å²) in [5, 5.41) is 3.24. The highest BCUT2D eigenvalue weighted by Gasteiger charge is 2.70. The van der Waals surface area contributed by atoms with E-state index in [1.807, 2.05) is 0 Å². The molecule has 1 unspecified atom stereocenters. The van der Waals surface area contributed by atoms with Gasteiger partial charge in [-0.15, -0.1) is 0 Å². The van der Waals surface area contributed by atoms with Crippen LogP contribution in [0.25, 0.3) is 0 Å². The summed E-state index contributed by atoms with van der Waals surface area (Å²) in [6.07, 6.45) is 12.1. The molecule has 0 aliphatic heterocycles. The Hall–Kier alpha value is -0.170. The van der Waals surface area contributed by atoms with Gasteiger partial charge in [0.15, 0.2) is 0 Å². The van der Waals surface area contributed by atoms with E-state index in [1.54, 1.807) is 0 Å². The third-order valence-corrected chi connectivity index (χ3v) is 19.2. The second kappa shape index (κ2) is 12.2. The lowest BCUT2D eigenvalue weighted by molar-refractivity contribution is -0.0572. The minimum absolute atomic E-state index is 0.00708. The largest absolute Gasteiger partial charge is 0.512 e. The van der Waals surface area contributed by atoms with Gasteiger partial charge in [0.05, 0.1) is 24.4 Å². The van der Waals surface area contributed by atoms with E-state index in [9.17, 15) is 43.2 Å². The molecule has 0 saturated heterocycles. The van der Waals surface area contributed by atoms with Crippen LogP contribution in [0.15, 0.2) is 0 Å². The van der Waals surface area contributed by atoms with Crippen LogP contribution in [0.5, 0.6) is 0 Å². The van der Waals surface area contributed by atoms with Crippen LogP contribution in [0.2, 0.25) is 0 Å². The number of rotatable bonds is 9. The molecule has 0 spiro atoms. The molecule has 3 rings (SSSR count). The predicted molar refractivity (Wildman–Crippen MR) is 141 cm³/mol. The van der Waals surface area contributed by atoms with Crippen molar-refractivity contribution in [2.24, 2.45) is 0 Å². The Morgan fingerprint density at radius 3 is 1.15 bits per heavy atom. The zero-order chi connectivity index (χ0) is 29.3. The number of nitrogens with one attached hydrogen (secondary N) is 1. The lowest BCUT2D eigenvalue weighted by Crippen LogP contribution is -2.66. The van der Waals surface area contributed by atoms with Crippen molar-refractivity contribution in [3.05, 3.63) is 0 Å². The highest BCUT2D eigenvalue weighted by molar-refractivity contribution is 8.04. The molecule has 3 aliphatic rings. The number of sulfonamides is 2. The van der Waals surface area contributed by atoms with E-state index >= 15 is 0 Å². The highest BCUT2D eigenvalue weighted by Crippen LogP contribution is 2.75. The van der Waals surface area contributed by atoms with E-state index in [1.165, 1.54) is 6.92 Å². The molecule has 15 heteroatoms. The highest BCUT2D eigenvalue weighted by atomic mass is 32.3. The summed E-state index contributed by atoms with van der Waals surface area (Å²) in [4.78, 5) is 0. The lowest BCUT2D eigenvalue weighted by atomic mass is 9.99. The minimum atomic E-state index is -6.93. The van der Waals surface area contributed by atoms with Crippen molar-refractivity contribution >= 4 is 27.5 Å². The average molecular weight is 632 g/mol. The maximum absolute atomic E-state index is 13.9. The van der Waals surface area contributed by atoms with Gasteiger partial charge in [-0.1, -0.05) is 29.9 Å². The lowest BCUT2D eigenvalue weighted by Gasteiger charge is -2.53. The number of hydrogen-bond acceptors (Lipinski definition) is 5. The van der Waals surface area contributed by atoms with Gasteiger partial charge in [0.25, 0.3) is 0 Å². The molecule has 6 nitrogen and oxygen atoms in total. The van der Waals surface area contributed by atoms with Crippen molar-refractivity contribution < 1.29 is 43.2 Å². The SMILES string of the molecule is CCC(C)(N[P+](C1CCCCC1)(C1CCCCC1)C1CCCCC1)N(S(=O)(=O)C(F)(F)F)S(=O)(=O)C(F)(F)F. The van der Waals surface area contributed by atoms with Crippen LogP contribution in [0.3, 0.4) is 0 Å². The summed E-state index contributed by atoms with van der Waals surface area (Å²) in [6, 6.07) is 0. The van der Waals surface area contributed by atoms with Gasteiger partial charge in [-0.25, -0.2) is 16.8 Å². The van der Waals surface area contributed by atoms with Crippen molar-refractivity contribution in [2.45, 2.75) is 150 Å². The third kappa shape index (κ3) is 6.44. The van der Waals surface area contributed by atoms with Gasteiger partial charge in [-0.2, -0.15) is 31.4 Å². The number of alkyl halides is 6. The molecule has 0 radical (unpaired) electrons. The molecule has 0 aromatic heterocycles. The summed E-state index contributed by atoms with van der Waals surface area (Å²) in [7, 11) is -16.6. The van der Waals surface area contributed by atoms with Crippen molar-refractivity contribution in [3.63, 3.8) is 0 Å². The van der Waals surface area contributed by atoms with Gasteiger partial charge in [0.1, 0.15) is 5.66 Å². The van der Waals surface area contributed by atoms with E-state index in [-0.39, 0.29) is 17.0 Å². The second-order valence-electron chi connectivity index (χ2n) is 11.5. The molecular weight excluding hydrogens is 589 g/mol. The minimum Gasteiger partial charge on any atom is -0.202 e. The molecule has 3 aliphatic carbocycles. The van der Waals surface area contributed by atoms with Crippen LogP contribution in [-0.4, -0.2) is 54.2 Å². The molecule has 0 aromatic carbocycles. The number of halogens is 6. The van der Waals surface area contributed by atoms with E-state index in [0.717, 1.165) is 103 Å². The van der Waals surface area contributed by atoms with Crippen LogP contribution >= 0.6 is 7.41 Å². The Kier molecular flexibility index (Phi) is 10.4. The fourth-order valence-electron chi connectivity index (χ4n) is 7.21. The first-order chi connectivity index (χ1) is 17.9. The van der Waals surface area contributed by atoms with E-state index in [0.29, 0.717) is 0 Å². The Labute approximate surface area is 229 Å². The smallest absolute Gasteiger partial charge is 0.202 e. The first kappa shape index (κ1) is 33.3. The fourth-order valence-corrected chi connectivity index (χ4v) is 17.8. The molecule has 0 amide bonds. The summed E-state index contributed by atoms with van der Waals surface area (Å²) in [6.45, 7) is 2.15.